The van der Waals surface area contributed by atoms with Crippen molar-refractivity contribution < 1.29 is 24.5 Å². The molecule has 0 rings (SSSR count). The minimum atomic E-state index is -0.663. The number of carbonyl (C=O) groups is 2. The lowest BCUT2D eigenvalue weighted by Gasteiger charge is -2.22. The van der Waals surface area contributed by atoms with E-state index in [9.17, 15) is 19.8 Å². The van der Waals surface area contributed by atoms with Crippen LogP contribution in [0.3, 0.4) is 0 Å². The van der Waals surface area contributed by atoms with Gasteiger partial charge in [0.25, 0.3) is 0 Å². The number of aliphatic hydroxyl groups is 2. The number of unbranched alkanes of at least 4 members (excludes halogenated alkanes) is 48. The second-order valence-electron chi connectivity index (χ2n) is 23.9. The van der Waals surface area contributed by atoms with Gasteiger partial charge in [-0.15, -0.1) is 0 Å². The number of aliphatic hydroxyl groups excluding tert-OH is 2. The minimum absolute atomic E-state index is 0.00947. The molecule has 0 fully saturated rings. The predicted octanol–water partition coefficient (Wildman–Crippen LogP) is 22.3. The first kappa shape index (κ1) is 75.1. The third-order valence-electron chi connectivity index (χ3n) is 16.2. The van der Waals surface area contributed by atoms with Crippen molar-refractivity contribution >= 4 is 11.9 Å². The average molecular weight is 1080 g/mol. The molecular weight excluding hydrogens is 947 g/mol. The van der Waals surface area contributed by atoms with Gasteiger partial charge in [-0.3, -0.25) is 9.59 Å². The van der Waals surface area contributed by atoms with Crippen LogP contribution in [0.1, 0.15) is 380 Å². The van der Waals surface area contributed by atoms with E-state index in [-0.39, 0.29) is 18.5 Å². The van der Waals surface area contributed by atoms with Crippen LogP contribution in [0.5, 0.6) is 0 Å². The molecule has 0 aromatic rings. The zero-order chi connectivity index (χ0) is 55.7. The topological polar surface area (TPSA) is 95.9 Å². The van der Waals surface area contributed by atoms with Crippen molar-refractivity contribution in [2.24, 2.45) is 0 Å². The molecule has 1 amide bonds. The van der Waals surface area contributed by atoms with Gasteiger partial charge in [0.1, 0.15) is 0 Å². The first-order chi connectivity index (χ1) is 38.0. The molecule has 6 nitrogen and oxygen atoms in total. The van der Waals surface area contributed by atoms with Crippen LogP contribution in [0.2, 0.25) is 0 Å². The molecule has 0 saturated carbocycles. The Morgan fingerprint density at radius 1 is 0.364 bits per heavy atom. The van der Waals surface area contributed by atoms with E-state index in [1.54, 1.807) is 0 Å². The standard InChI is InChI=1S/C71H135NO5/c1-3-5-7-9-11-13-15-17-18-19-34-37-41-45-49-53-57-61-65-71(76)77-66-62-58-54-50-46-42-38-35-32-30-28-26-24-22-20-21-23-25-27-29-31-33-36-40-44-48-52-56-60-64-70(75)72-68(67-73)69(74)63-59-55-51-47-43-39-16-14-12-10-8-6-4-2/h13,15,18-20,22,68-69,73-74H,3-12,14,16-17,21,23-67H2,1-2H3,(H,72,75)/b15-13-,19-18-,22-20-. The van der Waals surface area contributed by atoms with Gasteiger partial charge in [-0.05, 0) is 83.5 Å². The molecule has 0 radical (unpaired) electrons. The van der Waals surface area contributed by atoms with Crippen LogP contribution >= 0.6 is 0 Å². The molecule has 6 heteroatoms. The molecule has 0 aliphatic heterocycles. The van der Waals surface area contributed by atoms with Crippen molar-refractivity contribution in [1.82, 2.24) is 5.32 Å². The van der Waals surface area contributed by atoms with E-state index in [2.05, 4.69) is 55.6 Å². The van der Waals surface area contributed by atoms with Crippen molar-refractivity contribution in [2.75, 3.05) is 13.2 Å². The van der Waals surface area contributed by atoms with Crippen molar-refractivity contribution in [2.45, 2.75) is 392 Å². The molecule has 0 aromatic heterocycles. The molecule has 0 heterocycles. The predicted molar refractivity (Wildman–Crippen MR) is 338 cm³/mol. The lowest BCUT2D eigenvalue weighted by molar-refractivity contribution is -0.143. The van der Waals surface area contributed by atoms with Crippen molar-refractivity contribution in [3.8, 4) is 0 Å². The number of hydrogen-bond acceptors (Lipinski definition) is 5. The summed E-state index contributed by atoms with van der Waals surface area (Å²) >= 11 is 0. The summed E-state index contributed by atoms with van der Waals surface area (Å²) in [5.41, 5.74) is 0. The Balaban J connectivity index is 3.35. The first-order valence-corrected chi connectivity index (χ1v) is 34.7. The van der Waals surface area contributed by atoms with E-state index in [4.69, 9.17) is 4.74 Å². The molecule has 0 aliphatic carbocycles. The van der Waals surface area contributed by atoms with Gasteiger partial charge in [-0.1, -0.05) is 320 Å². The highest BCUT2D eigenvalue weighted by Gasteiger charge is 2.20. The Kier molecular flexibility index (Phi) is 64.9. The maximum atomic E-state index is 12.5. The first-order valence-electron chi connectivity index (χ1n) is 34.7. The lowest BCUT2D eigenvalue weighted by Crippen LogP contribution is -2.45. The van der Waals surface area contributed by atoms with E-state index >= 15 is 0 Å². The number of amides is 1. The maximum absolute atomic E-state index is 12.5. The van der Waals surface area contributed by atoms with Crippen LogP contribution in [0, 0.1) is 0 Å². The number of esters is 1. The number of rotatable bonds is 65. The Morgan fingerprint density at radius 3 is 1.01 bits per heavy atom. The molecule has 454 valence electrons. The zero-order valence-electron chi connectivity index (χ0n) is 52.0. The maximum Gasteiger partial charge on any atom is 0.305 e. The van der Waals surface area contributed by atoms with Gasteiger partial charge in [0.15, 0.2) is 0 Å². The third-order valence-corrected chi connectivity index (χ3v) is 16.2. The molecule has 0 spiro atoms. The summed E-state index contributed by atoms with van der Waals surface area (Å²) in [5, 5.41) is 23.3. The summed E-state index contributed by atoms with van der Waals surface area (Å²) < 4.78 is 5.50. The van der Waals surface area contributed by atoms with E-state index in [0.29, 0.717) is 25.9 Å². The molecule has 3 N–H and O–H groups in total. The van der Waals surface area contributed by atoms with E-state index in [1.807, 2.05) is 0 Å². The highest BCUT2D eigenvalue weighted by Crippen LogP contribution is 2.18. The lowest BCUT2D eigenvalue weighted by atomic mass is 10.0. The van der Waals surface area contributed by atoms with Crippen LogP contribution in [0.25, 0.3) is 0 Å². The van der Waals surface area contributed by atoms with Gasteiger partial charge in [-0.25, -0.2) is 0 Å². The SMILES string of the molecule is CCCCCC/C=C\C/C=C\CCCCCCCCCC(=O)OCCCCCCCCCCCCCC/C=C\CCCCCCCCCCCCCCCC(=O)NC(CO)C(O)CCCCCCCCCCCCCCC. The summed E-state index contributed by atoms with van der Waals surface area (Å²) in [7, 11) is 0. The number of nitrogens with one attached hydrogen (secondary N) is 1. The van der Waals surface area contributed by atoms with Gasteiger partial charge in [0.05, 0.1) is 25.4 Å². The summed E-state index contributed by atoms with van der Waals surface area (Å²) in [5.74, 6) is -0.0232. The number of hydrogen-bond donors (Lipinski definition) is 3. The Labute approximate surface area is 481 Å². The molecule has 2 unspecified atom stereocenters. The molecule has 0 aromatic carbocycles. The fourth-order valence-electron chi connectivity index (χ4n) is 10.8. The van der Waals surface area contributed by atoms with Crippen LogP contribution in [-0.4, -0.2) is 47.4 Å². The monoisotopic (exact) mass is 1080 g/mol. The molecule has 0 aliphatic rings. The van der Waals surface area contributed by atoms with Crippen molar-refractivity contribution in [3.63, 3.8) is 0 Å². The van der Waals surface area contributed by atoms with E-state index < -0.39 is 12.1 Å². The Morgan fingerprint density at radius 2 is 0.649 bits per heavy atom. The average Bonchev–Trinajstić information content (AvgIpc) is 3.43. The van der Waals surface area contributed by atoms with E-state index in [0.717, 1.165) is 51.4 Å². The van der Waals surface area contributed by atoms with Gasteiger partial charge >= 0.3 is 5.97 Å². The van der Waals surface area contributed by atoms with E-state index in [1.165, 1.54) is 295 Å². The summed E-state index contributed by atoms with van der Waals surface area (Å²) in [6.45, 7) is 4.95. The minimum Gasteiger partial charge on any atom is -0.466 e. The second kappa shape index (κ2) is 66.6. The summed E-state index contributed by atoms with van der Waals surface area (Å²) in [6.07, 6.45) is 84.7. The third kappa shape index (κ3) is 63.1. The fourth-order valence-corrected chi connectivity index (χ4v) is 10.8. The normalized spacial score (nSPS) is 12.7. The molecule has 77 heavy (non-hydrogen) atoms. The zero-order valence-corrected chi connectivity index (χ0v) is 52.0. The van der Waals surface area contributed by atoms with Crippen LogP contribution in [0.4, 0.5) is 0 Å². The Hall–Kier alpha value is -1.92. The van der Waals surface area contributed by atoms with Crippen molar-refractivity contribution in [1.29, 1.82) is 0 Å². The number of allylic oxidation sites excluding steroid dienone is 6. The highest BCUT2D eigenvalue weighted by molar-refractivity contribution is 5.76. The van der Waals surface area contributed by atoms with Crippen LogP contribution in [0.15, 0.2) is 36.5 Å². The molecule has 2 atom stereocenters. The van der Waals surface area contributed by atoms with Crippen LogP contribution in [-0.2, 0) is 14.3 Å². The number of carbonyl (C=O) groups excluding carboxylic acids is 2. The van der Waals surface area contributed by atoms with Gasteiger partial charge in [0.2, 0.25) is 5.91 Å². The van der Waals surface area contributed by atoms with Crippen LogP contribution < -0.4 is 5.32 Å². The molecular formula is C71H135NO5. The Bertz CT molecular complexity index is 1250. The summed E-state index contributed by atoms with van der Waals surface area (Å²) in [4.78, 5) is 24.6. The van der Waals surface area contributed by atoms with Gasteiger partial charge in [-0.2, -0.15) is 0 Å². The largest absolute Gasteiger partial charge is 0.466 e. The summed E-state index contributed by atoms with van der Waals surface area (Å²) in [6, 6.07) is -0.540. The van der Waals surface area contributed by atoms with Gasteiger partial charge < -0.3 is 20.3 Å². The molecule has 0 bridgehead atoms. The second-order valence-corrected chi connectivity index (χ2v) is 23.9. The quantitative estimate of drug-likeness (QED) is 0.0320. The van der Waals surface area contributed by atoms with Gasteiger partial charge in [0, 0.05) is 12.8 Å². The highest BCUT2D eigenvalue weighted by atomic mass is 16.5. The fraction of sp³-hybridized carbons (Fsp3) is 0.887. The molecule has 0 saturated heterocycles. The number of ether oxygens (including phenoxy) is 1. The van der Waals surface area contributed by atoms with Crippen molar-refractivity contribution in [3.05, 3.63) is 36.5 Å². The smallest absolute Gasteiger partial charge is 0.305 e.